The highest BCUT2D eigenvalue weighted by atomic mass is 35.5. The summed E-state index contributed by atoms with van der Waals surface area (Å²) in [7, 11) is -1.26. The number of carbonyl (C=O) groups is 1. The van der Waals surface area contributed by atoms with E-state index in [0.717, 1.165) is 5.56 Å². The first-order valence-corrected chi connectivity index (χ1v) is 7.91. The lowest BCUT2D eigenvalue weighted by atomic mass is 10.1. The Morgan fingerprint density at radius 3 is 2.62 bits per heavy atom. The first-order valence-electron chi connectivity index (χ1n) is 6.22. The van der Waals surface area contributed by atoms with Crippen LogP contribution in [-0.4, -0.2) is 10.1 Å². The number of halogens is 1. The van der Waals surface area contributed by atoms with Gasteiger partial charge in [-0.25, -0.2) is 0 Å². The second kappa shape index (κ2) is 6.28. The van der Waals surface area contributed by atoms with Gasteiger partial charge in [0.1, 0.15) is 0 Å². The van der Waals surface area contributed by atoms with Crippen molar-refractivity contribution in [3.8, 4) is 0 Å². The van der Waals surface area contributed by atoms with Crippen molar-refractivity contribution in [2.24, 2.45) is 5.73 Å². The summed E-state index contributed by atoms with van der Waals surface area (Å²) in [5.74, 6) is -0.293. The fourth-order valence-corrected chi connectivity index (χ4v) is 3.62. The van der Waals surface area contributed by atoms with E-state index in [1.54, 1.807) is 30.3 Å². The zero-order chi connectivity index (χ0) is 15.6. The standard InChI is InChI=1S/C15H15ClN2O2S/c1-9-13(17)3-2-4-14(9)21(20)8-11-6-5-10(15(18)19)7-12(11)16/h2-7H,8,17H2,1H3,(H2,18,19). The minimum atomic E-state index is -1.26. The molecule has 0 aliphatic carbocycles. The number of benzene rings is 2. The molecule has 2 rings (SSSR count). The van der Waals surface area contributed by atoms with Gasteiger partial charge in [0.15, 0.2) is 0 Å². The van der Waals surface area contributed by atoms with Gasteiger partial charge in [-0.05, 0) is 42.3 Å². The van der Waals surface area contributed by atoms with Crippen LogP contribution < -0.4 is 11.5 Å². The van der Waals surface area contributed by atoms with Crippen LogP contribution in [0.15, 0.2) is 41.3 Å². The zero-order valence-electron chi connectivity index (χ0n) is 11.4. The molecule has 0 saturated heterocycles. The number of amides is 1. The molecule has 1 atom stereocenters. The summed E-state index contributed by atoms with van der Waals surface area (Å²) >= 11 is 6.11. The van der Waals surface area contributed by atoms with E-state index < -0.39 is 16.7 Å². The highest BCUT2D eigenvalue weighted by Crippen LogP contribution is 2.24. The SMILES string of the molecule is Cc1c(N)cccc1S(=O)Cc1ccc(C(N)=O)cc1Cl. The number of nitrogen functional groups attached to an aromatic ring is 1. The Bertz CT molecular complexity index is 732. The average molecular weight is 323 g/mol. The van der Waals surface area contributed by atoms with Gasteiger partial charge in [-0.1, -0.05) is 23.7 Å². The maximum atomic E-state index is 12.5. The quantitative estimate of drug-likeness (QED) is 0.848. The molecule has 0 fully saturated rings. The summed E-state index contributed by atoms with van der Waals surface area (Å²) in [6.07, 6.45) is 0. The van der Waals surface area contributed by atoms with Crippen molar-refractivity contribution in [2.45, 2.75) is 17.6 Å². The lowest BCUT2D eigenvalue weighted by Crippen LogP contribution is -2.11. The highest BCUT2D eigenvalue weighted by molar-refractivity contribution is 7.84. The van der Waals surface area contributed by atoms with Crippen LogP contribution in [0.25, 0.3) is 0 Å². The van der Waals surface area contributed by atoms with Crippen molar-refractivity contribution in [3.63, 3.8) is 0 Å². The Balaban J connectivity index is 2.28. The maximum Gasteiger partial charge on any atom is 0.248 e. The number of primary amides is 1. The molecule has 1 unspecified atom stereocenters. The summed E-state index contributed by atoms with van der Waals surface area (Å²) in [5.41, 5.74) is 13.5. The van der Waals surface area contributed by atoms with E-state index in [-0.39, 0.29) is 5.75 Å². The second-order valence-electron chi connectivity index (χ2n) is 4.63. The third-order valence-corrected chi connectivity index (χ3v) is 5.05. The lowest BCUT2D eigenvalue weighted by Gasteiger charge is -2.09. The second-order valence-corrected chi connectivity index (χ2v) is 6.46. The number of anilines is 1. The molecule has 0 aliphatic heterocycles. The fourth-order valence-electron chi connectivity index (χ4n) is 1.91. The van der Waals surface area contributed by atoms with Gasteiger partial charge in [0.05, 0.1) is 16.6 Å². The van der Waals surface area contributed by atoms with Crippen LogP contribution in [0.5, 0.6) is 0 Å². The lowest BCUT2D eigenvalue weighted by molar-refractivity contribution is 0.100. The number of carbonyl (C=O) groups excluding carboxylic acids is 1. The largest absolute Gasteiger partial charge is 0.398 e. The van der Waals surface area contributed by atoms with E-state index in [4.69, 9.17) is 23.1 Å². The molecule has 21 heavy (non-hydrogen) atoms. The van der Waals surface area contributed by atoms with Crippen molar-refractivity contribution in [1.82, 2.24) is 0 Å². The smallest absolute Gasteiger partial charge is 0.248 e. The van der Waals surface area contributed by atoms with Crippen molar-refractivity contribution < 1.29 is 9.00 Å². The predicted molar refractivity (Wildman–Crippen MR) is 85.7 cm³/mol. The highest BCUT2D eigenvalue weighted by Gasteiger charge is 2.13. The molecule has 0 radical (unpaired) electrons. The van der Waals surface area contributed by atoms with E-state index in [0.29, 0.717) is 26.7 Å². The minimum absolute atomic E-state index is 0.252. The number of hydrogen-bond acceptors (Lipinski definition) is 3. The third-order valence-electron chi connectivity index (χ3n) is 3.20. The molecule has 110 valence electrons. The molecule has 0 saturated carbocycles. The molecule has 0 spiro atoms. The minimum Gasteiger partial charge on any atom is -0.398 e. The molecule has 6 heteroatoms. The van der Waals surface area contributed by atoms with E-state index in [1.165, 1.54) is 6.07 Å². The number of rotatable bonds is 4. The van der Waals surface area contributed by atoms with Gasteiger partial charge in [0.25, 0.3) is 0 Å². The van der Waals surface area contributed by atoms with Crippen LogP contribution in [0.2, 0.25) is 5.02 Å². The van der Waals surface area contributed by atoms with Crippen LogP contribution in [0.1, 0.15) is 21.5 Å². The number of hydrogen-bond donors (Lipinski definition) is 2. The molecule has 4 N–H and O–H groups in total. The summed E-state index contributed by atoms with van der Waals surface area (Å²) in [4.78, 5) is 11.8. The monoisotopic (exact) mass is 322 g/mol. The maximum absolute atomic E-state index is 12.5. The van der Waals surface area contributed by atoms with Crippen molar-refractivity contribution in [3.05, 3.63) is 58.1 Å². The van der Waals surface area contributed by atoms with Crippen LogP contribution in [-0.2, 0) is 16.6 Å². The average Bonchev–Trinajstić information content (AvgIpc) is 2.43. The summed E-state index contributed by atoms with van der Waals surface area (Å²) < 4.78 is 12.5. The van der Waals surface area contributed by atoms with Crippen LogP contribution in [0.3, 0.4) is 0 Å². The van der Waals surface area contributed by atoms with E-state index >= 15 is 0 Å². The zero-order valence-corrected chi connectivity index (χ0v) is 13.0. The van der Waals surface area contributed by atoms with Crippen LogP contribution in [0.4, 0.5) is 5.69 Å². The molecule has 2 aromatic rings. The number of nitrogens with two attached hydrogens (primary N) is 2. The summed E-state index contributed by atoms with van der Waals surface area (Å²) in [6.45, 7) is 1.83. The Kier molecular flexibility index (Phi) is 4.65. The van der Waals surface area contributed by atoms with E-state index in [2.05, 4.69) is 0 Å². The normalized spacial score (nSPS) is 12.1. The van der Waals surface area contributed by atoms with E-state index in [9.17, 15) is 9.00 Å². The third kappa shape index (κ3) is 3.43. The summed E-state index contributed by atoms with van der Waals surface area (Å²) in [5, 5.41) is 0.376. The van der Waals surface area contributed by atoms with Gasteiger partial charge < -0.3 is 11.5 Å². The van der Waals surface area contributed by atoms with E-state index in [1.807, 2.05) is 6.92 Å². The molecular weight excluding hydrogens is 308 g/mol. The fraction of sp³-hybridized carbons (Fsp3) is 0.133. The van der Waals surface area contributed by atoms with Gasteiger partial charge in [-0.15, -0.1) is 0 Å². The first kappa shape index (κ1) is 15.5. The van der Waals surface area contributed by atoms with Crippen molar-refractivity contribution >= 4 is 34.0 Å². The Hall–Kier alpha value is -1.85. The summed E-state index contributed by atoms with van der Waals surface area (Å²) in [6, 6.07) is 10.1. The Morgan fingerprint density at radius 1 is 1.29 bits per heavy atom. The van der Waals surface area contributed by atoms with Crippen LogP contribution >= 0.6 is 11.6 Å². The van der Waals surface area contributed by atoms with Gasteiger partial charge >= 0.3 is 0 Å². The molecule has 1 amide bonds. The predicted octanol–water partition coefficient (Wildman–Crippen LogP) is 2.64. The first-order chi connectivity index (χ1) is 9.90. The molecule has 0 aromatic heterocycles. The molecular formula is C15H15ClN2O2S. The van der Waals surface area contributed by atoms with Gasteiger partial charge in [0.2, 0.25) is 5.91 Å². The molecule has 2 aromatic carbocycles. The molecule has 0 heterocycles. The molecule has 0 bridgehead atoms. The topological polar surface area (TPSA) is 86.2 Å². The van der Waals surface area contributed by atoms with Gasteiger partial charge in [-0.3, -0.25) is 9.00 Å². The van der Waals surface area contributed by atoms with Crippen molar-refractivity contribution in [1.29, 1.82) is 0 Å². The molecule has 0 aliphatic rings. The van der Waals surface area contributed by atoms with Gasteiger partial charge in [0, 0.05) is 21.2 Å². The van der Waals surface area contributed by atoms with Crippen molar-refractivity contribution in [2.75, 3.05) is 5.73 Å². The Morgan fingerprint density at radius 2 is 2.00 bits per heavy atom. The van der Waals surface area contributed by atoms with Crippen LogP contribution in [0, 0.1) is 6.92 Å². The molecule has 4 nitrogen and oxygen atoms in total. The Labute approximate surface area is 130 Å². The van der Waals surface area contributed by atoms with Gasteiger partial charge in [-0.2, -0.15) is 0 Å².